The molecule has 0 rings (SSSR count). The van der Waals surface area contributed by atoms with Crippen LogP contribution in [0.25, 0.3) is 0 Å². The second kappa shape index (κ2) is 19.8. The molecule has 0 saturated heterocycles. The molecule has 0 unspecified atom stereocenters. The van der Waals surface area contributed by atoms with Gasteiger partial charge in [0.1, 0.15) is 0 Å². The molecule has 0 saturated carbocycles. The first kappa shape index (κ1) is 36.8. The third kappa shape index (κ3) is 8.97. The summed E-state index contributed by atoms with van der Waals surface area (Å²) in [7, 11) is 0. The van der Waals surface area contributed by atoms with E-state index < -0.39 is 0 Å². The molecule has 0 aromatic carbocycles. The number of halogens is 2. The molecule has 0 fully saturated rings. The zero-order chi connectivity index (χ0) is 0. The van der Waals surface area contributed by atoms with Gasteiger partial charge in [0, 0.05) is 0 Å². The molecule has 0 bridgehead atoms. The fourth-order valence-corrected chi connectivity index (χ4v) is 0. The Labute approximate surface area is 73.2 Å². The van der Waals surface area contributed by atoms with Gasteiger partial charge in [0.25, 0.3) is 0 Å². The minimum atomic E-state index is 0. The first-order chi connectivity index (χ1) is 0. The van der Waals surface area contributed by atoms with Crippen LogP contribution in [-0.4, -0.2) is 65.0 Å². The Morgan fingerprint density at radius 1 is 0.750 bits per heavy atom. The molecule has 0 aromatic heterocycles. The number of rotatable bonds is 0. The van der Waals surface area contributed by atoms with Gasteiger partial charge in [-0.2, -0.15) is 0 Å². The van der Waals surface area contributed by atoms with E-state index in [1.54, 1.807) is 0 Å². The number of hydrogen-bond donors (Lipinski definition) is 0. The van der Waals surface area contributed by atoms with Crippen molar-refractivity contribution >= 4 is 65.0 Å². The van der Waals surface area contributed by atoms with E-state index in [0.29, 0.717) is 0 Å². The van der Waals surface area contributed by atoms with Crippen molar-refractivity contribution in [2.45, 2.75) is 0 Å². The van der Waals surface area contributed by atoms with Gasteiger partial charge in [-0.05, 0) is 0 Å². The first-order valence-electron chi connectivity index (χ1n) is 0. The van der Waals surface area contributed by atoms with E-state index in [0.717, 1.165) is 0 Å². The Bertz CT molecular complexity index is 6.00. The summed E-state index contributed by atoms with van der Waals surface area (Å²) in [6.45, 7) is 0. The Hall–Kier alpha value is 2.04. The molecule has 2 radical (unpaired) electrons. The molecular formula is H2CaF2Pb. The maximum atomic E-state index is 0. The van der Waals surface area contributed by atoms with Crippen LogP contribution in [0.15, 0.2) is 0 Å². The summed E-state index contributed by atoms with van der Waals surface area (Å²) >= 11 is 0. The van der Waals surface area contributed by atoms with E-state index in [2.05, 4.69) is 0 Å². The Kier molecular flexibility index (Phi) is 182. The molecule has 0 aromatic rings. The summed E-state index contributed by atoms with van der Waals surface area (Å²) in [5.74, 6) is 0. The Balaban J connectivity index is 0. The number of hydrogen-bond acceptors (Lipinski definition) is 0. The molecule has 0 N–H and O–H groups in total. The van der Waals surface area contributed by atoms with Crippen LogP contribution in [0.3, 0.4) is 0 Å². The fourth-order valence-electron chi connectivity index (χ4n) is 0. The topological polar surface area (TPSA) is 0 Å². The van der Waals surface area contributed by atoms with Crippen LogP contribution < -0.4 is 9.41 Å². The Morgan fingerprint density at radius 3 is 0.750 bits per heavy atom. The molecule has 0 aliphatic carbocycles. The van der Waals surface area contributed by atoms with Crippen LogP contribution in [0.4, 0.5) is 0 Å². The maximum absolute atomic E-state index is 0. The zero-order valence-electron chi connectivity index (χ0n) is 2.17. The van der Waals surface area contributed by atoms with Gasteiger partial charge >= 0.3 is 65.0 Å². The molecule has 4 heteroatoms. The fraction of sp³-hybridized carbons (Fsp3) is 0. The van der Waals surface area contributed by atoms with Crippen LogP contribution in [0.5, 0.6) is 0 Å². The summed E-state index contributed by atoms with van der Waals surface area (Å²) < 4.78 is 0. The molecular weight excluding hydrogens is 285 g/mol. The summed E-state index contributed by atoms with van der Waals surface area (Å²) in [5.41, 5.74) is 0. The van der Waals surface area contributed by atoms with Gasteiger partial charge < -0.3 is 9.41 Å². The summed E-state index contributed by atoms with van der Waals surface area (Å²) in [6.07, 6.45) is 0. The standard InChI is InChI=1S/Ca.2FH.Pb.2H/h;2*1H;;;/q+2;;;;;/p-2. The van der Waals surface area contributed by atoms with E-state index in [1.165, 1.54) is 0 Å². The van der Waals surface area contributed by atoms with Crippen molar-refractivity contribution in [3.8, 4) is 0 Å². The molecule has 0 heterocycles. The van der Waals surface area contributed by atoms with Crippen LogP contribution in [0.1, 0.15) is 0 Å². The van der Waals surface area contributed by atoms with Gasteiger partial charge in [0.15, 0.2) is 0 Å². The van der Waals surface area contributed by atoms with Gasteiger partial charge in [0.2, 0.25) is 0 Å². The average molecular weight is 287 g/mol. The van der Waals surface area contributed by atoms with Crippen LogP contribution >= 0.6 is 0 Å². The minimum absolute atomic E-state index is 0. The average Bonchev–Trinajstić information content (AvgIpc) is 0. The predicted molar refractivity (Wildman–Crippen MR) is 14.3 cm³/mol. The molecule has 0 aliphatic heterocycles. The van der Waals surface area contributed by atoms with E-state index in [4.69, 9.17) is 0 Å². The second-order valence-corrected chi connectivity index (χ2v) is 0. The first-order valence-corrected chi connectivity index (χ1v) is 0. The van der Waals surface area contributed by atoms with Crippen molar-refractivity contribution in [2.75, 3.05) is 0 Å². The normalized spacial score (nSPS) is 0. The van der Waals surface area contributed by atoms with Gasteiger partial charge in [-0.25, -0.2) is 0 Å². The van der Waals surface area contributed by atoms with Gasteiger partial charge in [-0.15, -0.1) is 0 Å². The quantitative estimate of drug-likeness (QED) is 0.389. The molecule has 0 aliphatic rings. The van der Waals surface area contributed by atoms with Crippen LogP contribution in [0.2, 0.25) is 0 Å². The van der Waals surface area contributed by atoms with Crippen molar-refractivity contribution in [2.24, 2.45) is 0 Å². The summed E-state index contributed by atoms with van der Waals surface area (Å²) in [6, 6.07) is 0. The third-order valence-corrected chi connectivity index (χ3v) is 0. The van der Waals surface area contributed by atoms with Crippen molar-refractivity contribution < 1.29 is 9.41 Å². The molecule has 0 amide bonds. The van der Waals surface area contributed by atoms with E-state index in [-0.39, 0.29) is 74.4 Å². The summed E-state index contributed by atoms with van der Waals surface area (Å²) in [5, 5.41) is 0. The molecule has 22 valence electrons. The Morgan fingerprint density at radius 2 is 0.750 bits per heavy atom. The van der Waals surface area contributed by atoms with Gasteiger partial charge in [-0.1, -0.05) is 0 Å². The van der Waals surface area contributed by atoms with Gasteiger partial charge in [0.05, 0.1) is 0 Å². The van der Waals surface area contributed by atoms with Crippen molar-refractivity contribution in [1.29, 1.82) is 0 Å². The monoisotopic (exact) mass is 288 g/mol. The molecule has 0 spiro atoms. The van der Waals surface area contributed by atoms with Crippen LogP contribution in [-0.2, 0) is 0 Å². The SMILES string of the molecule is [Ca+2].[F-].[F-].[PbH2]. The van der Waals surface area contributed by atoms with Gasteiger partial charge in [-0.3, -0.25) is 0 Å². The second-order valence-electron chi connectivity index (χ2n) is 0. The third-order valence-electron chi connectivity index (χ3n) is 0. The van der Waals surface area contributed by atoms with Crippen molar-refractivity contribution in [3.05, 3.63) is 0 Å². The van der Waals surface area contributed by atoms with E-state index in [9.17, 15) is 0 Å². The predicted octanol–water partition coefficient (Wildman–Crippen LogP) is -7.29. The van der Waals surface area contributed by atoms with Crippen LogP contribution in [0, 0.1) is 0 Å². The zero-order valence-corrected chi connectivity index (χ0v) is 9.88. The molecule has 4 heavy (non-hydrogen) atoms. The molecule has 0 nitrogen and oxygen atoms in total. The van der Waals surface area contributed by atoms with E-state index >= 15 is 0 Å². The van der Waals surface area contributed by atoms with E-state index in [1.807, 2.05) is 0 Å². The van der Waals surface area contributed by atoms with Crippen molar-refractivity contribution in [3.63, 3.8) is 0 Å². The van der Waals surface area contributed by atoms with Crippen molar-refractivity contribution in [1.82, 2.24) is 0 Å². The summed E-state index contributed by atoms with van der Waals surface area (Å²) in [4.78, 5) is 0. The molecule has 0 atom stereocenters.